The lowest BCUT2D eigenvalue weighted by Gasteiger charge is -2.42. The summed E-state index contributed by atoms with van der Waals surface area (Å²) in [5.74, 6) is -1.46. The van der Waals surface area contributed by atoms with Gasteiger partial charge in [0.15, 0.2) is 6.10 Å². The van der Waals surface area contributed by atoms with Gasteiger partial charge in [-0.05, 0) is 64.6 Å². The van der Waals surface area contributed by atoms with E-state index in [1.54, 1.807) is 24.3 Å². The van der Waals surface area contributed by atoms with E-state index in [9.17, 15) is 9.59 Å². The van der Waals surface area contributed by atoms with E-state index in [2.05, 4.69) is 49.4 Å². The summed E-state index contributed by atoms with van der Waals surface area (Å²) in [4.78, 5) is 27.1. The SMILES string of the molecule is Cc1ccc(-c2ccccc2)cc1C1c2ccccc2C(C)C(OC(=O)c2ccccc2)C1OC(=O)c1ccccc1. The van der Waals surface area contributed by atoms with Gasteiger partial charge in [-0.2, -0.15) is 0 Å². The molecule has 4 unspecified atom stereocenters. The molecule has 0 N–H and O–H groups in total. The van der Waals surface area contributed by atoms with E-state index >= 15 is 0 Å². The maximum Gasteiger partial charge on any atom is 0.338 e. The van der Waals surface area contributed by atoms with Crippen LogP contribution in [-0.2, 0) is 9.47 Å². The number of aryl methyl sites for hydroxylation is 1. The van der Waals surface area contributed by atoms with Crippen LogP contribution < -0.4 is 0 Å². The van der Waals surface area contributed by atoms with Gasteiger partial charge in [0.2, 0.25) is 0 Å². The average Bonchev–Trinajstić information content (AvgIpc) is 3.04. The Morgan fingerprint density at radius 1 is 0.524 bits per heavy atom. The Morgan fingerprint density at radius 3 is 1.62 bits per heavy atom. The third-order valence-corrected chi connectivity index (χ3v) is 8.19. The Kier molecular flexibility index (Phi) is 7.70. The van der Waals surface area contributed by atoms with Crippen LogP contribution in [0.1, 0.15) is 61.7 Å². The largest absolute Gasteiger partial charge is 0.454 e. The van der Waals surface area contributed by atoms with E-state index < -0.39 is 24.1 Å². The summed E-state index contributed by atoms with van der Waals surface area (Å²) < 4.78 is 12.7. The van der Waals surface area contributed by atoms with Crippen LogP contribution in [0.3, 0.4) is 0 Å². The van der Waals surface area contributed by atoms with Crippen molar-refractivity contribution in [3.8, 4) is 11.1 Å². The molecule has 0 amide bonds. The number of hydrogen-bond acceptors (Lipinski definition) is 4. The summed E-state index contributed by atoms with van der Waals surface area (Å²) in [5, 5.41) is 0. The number of benzene rings is 5. The smallest absolute Gasteiger partial charge is 0.338 e. The number of hydrogen-bond donors (Lipinski definition) is 0. The van der Waals surface area contributed by atoms with Gasteiger partial charge >= 0.3 is 11.9 Å². The van der Waals surface area contributed by atoms with E-state index in [0.29, 0.717) is 11.1 Å². The normalized spacial score (nSPS) is 19.4. The van der Waals surface area contributed by atoms with Gasteiger partial charge in [-0.3, -0.25) is 0 Å². The van der Waals surface area contributed by atoms with Crippen molar-refractivity contribution in [2.45, 2.75) is 37.9 Å². The number of carbonyl (C=O) groups is 2. The highest BCUT2D eigenvalue weighted by atomic mass is 16.6. The summed E-state index contributed by atoms with van der Waals surface area (Å²) in [6, 6.07) is 42.8. The second kappa shape index (κ2) is 11.9. The van der Waals surface area contributed by atoms with E-state index in [1.165, 1.54) is 0 Å². The Morgan fingerprint density at radius 2 is 1.02 bits per heavy atom. The molecule has 5 aromatic rings. The molecule has 0 fully saturated rings. The van der Waals surface area contributed by atoms with Gasteiger partial charge in [-0.1, -0.05) is 116 Å². The number of carbonyl (C=O) groups excluding carboxylic acids is 2. The second-order valence-corrected chi connectivity index (χ2v) is 10.8. The molecular weight excluding hydrogens is 520 g/mol. The van der Waals surface area contributed by atoms with Gasteiger partial charge in [0, 0.05) is 5.92 Å². The first kappa shape index (κ1) is 27.2. The third-order valence-electron chi connectivity index (χ3n) is 8.19. The van der Waals surface area contributed by atoms with Crippen LogP contribution in [0.25, 0.3) is 11.1 Å². The van der Waals surface area contributed by atoms with Crippen molar-refractivity contribution in [3.05, 3.63) is 167 Å². The average molecular weight is 553 g/mol. The summed E-state index contributed by atoms with van der Waals surface area (Å²) in [6.07, 6.45) is -1.48. The summed E-state index contributed by atoms with van der Waals surface area (Å²) in [6.45, 7) is 4.11. The van der Waals surface area contributed by atoms with Gasteiger partial charge in [0.1, 0.15) is 6.10 Å². The fourth-order valence-corrected chi connectivity index (χ4v) is 6.00. The predicted molar refractivity (Wildman–Crippen MR) is 165 cm³/mol. The lowest BCUT2D eigenvalue weighted by molar-refractivity contribution is -0.0532. The fraction of sp³-hybridized carbons (Fsp3) is 0.158. The molecule has 5 aromatic carbocycles. The molecule has 4 heteroatoms. The van der Waals surface area contributed by atoms with E-state index in [1.807, 2.05) is 73.7 Å². The Bertz CT molecular complexity index is 1700. The Labute approximate surface area is 246 Å². The van der Waals surface area contributed by atoms with Crippen LogP contribution in [-0.4, -0.2) is 24.1 Å². The molecular formula is C38H32O4. The molecule has 42 heavy (non-hydrogen) atoms. The van der Waals surface area contributed by atoms with Gasteiger partial charge in [-0.25, -0.2) is 9.59 Å². The molecule has 4 nitrogen and oxygen atoms in total. The quantitative estimate of drug-likeness (QED) is 0.199. The van der Waals surface area contributed by atoms with Crippen molar-refractivity contribution in [2.24, 2.45) is 0 Å². The highest BCUT2D eigenvalue weighted by molar-refractivity contribution is 5.90. The number of fused-ring (bicyclic) bond motifs is 1. The van der Waals surface area contributed by atoms with Crippen molar-refractivity contribution >= 4 is 11.9 Å². The zero-order valence-electron chi connectivity index (χ0n) is 23.6. The maximum absolute atomic E-state index is 13.6. The molecule has 0 bridgehead atoms. The zero-order chi connectivity index (χ0) is 29.1. The summed E-state index contributed by atoms with van der Waals surface area (Å²) >= 11 is 0. The minimum atomic E-state index is -0.764. The molecule has 0 saturated heterocycles. The van der Waals surface area contributed by atoms with Gasteiger partial charge < -0.3 is 9.47 Å². The van der Waals surface area contributed by atoms with Crippen LogP contribution in [0.5, 0.6) is 0 Å². The molecule has 0 saturated carbocycles. The topological polar surface area (TPSA) is 52.6 Å². The van der Waals surface area contributed by atoms with Crippen LogP contribution in [0, 0.1) is 6.92 Å². The predicted octanol–water partition coefficient (Wildman–Crippen LogP) is 8.36. The standard InChI is InChI=1S/C38H32O4/c1-25-22-23-30(27-14-6-3-7-15-27)24-33(25)34-32-21-13-12-20-31(32)26(2)35(41-37(39)28-16-8-4-9-17-28)36(34)42-38(40)29-18-10-5-11-19-29/h3-24,26,34-36H,1-2H3. The lowest BCUT2D eigenvalue weighted by Crippen LogP contribution is -2.46. The molecule has 0 spiro atoms. The highest BCUT2D eigenvalue weighted by Gasteiger charge is 2.47. The van der Waals surface area contributed by atoms with Crippen LogP contribution in [0.2, 0.25) is 0 Å². The Hall–Kier alpha value is -4.96. The molecule has 0 aliphatic heterocycles. The molecule has 4 atom stereocenters. The first-order valence-electron chi connectivity index (χ1n) is 14.3. The monoisotopic (exact) mass is 552 g/mol. The molecule has 0 heterocycles. The minimum Gasteiger partial charge on any atom is -0.454 e. The fourth-order valence-electron chi connectivity index (χ4n) is 6.00. The third kappa shape index (κ3) is 5.36. The van der Waals surface area contributed by atoms with E-state index in [-0.39, 0.29) is 11.8 Å². The Balaban J connectivity index is 1.50. The van der Waals surface area contributed by atoms with Crippen LogP contribution in [0.15, 0.2) is 133 Å². The first-order chi connectivity index (χ1) is 20.5. The van der Waals surface area contributed by atoms with Crippen molar-refractivity contribution in [1.82, 2.24) is 0 Å². The van der Waals surface area contributed by atoms with Gasteiger partial charge in [-0.15, -0.1) is 0 Å². The van der Waals surface area contributed by atoms with E-state index in [4.69, 9.17) is 9.47 Å². The van der Waals surface area contributed by atoms with Gasteiger partial charge in [0.05, 0.1) is 17.0 Å². The van der Waals surface area contributed by atoms with Crippen molar-refractivity contribution < 1.29 is 19.1 Å². The minimum absolute atomic E-state index is 0.212. The van der Waals surface area contributed by atoms with E-state index in [0.717, 1.165) is 33.4 Å². The highest BCUT2D eigenvalue weighted by Crippen LogP contribution is 2.47. The van der Waals surface area contributed by atoms with Crippen molar-refractivity contribution in [2.75, 3.05) is 0 Å². The summed E-state index contributed by atoms with van der Waals surface area (Å²) in [5.41, 5.74) is 7.31. The molecule has 0 aromatic heterocycles. The van der Waals surface area contributed by atoms with Crippen molar-refractivity contribution in [3.63, 3.8) is 0 Å². The second-order valence-electron chi connectivity index (χ2n) is 10.8. The molecule has 0 radical (unpaired) electrons. The first-order valence-corrected chi connectivity index (χ1v) is 14.3. The van der Waals surface area contributed by atoms with Gasteiger partial charge in [0.25, 0.3) is 0 Å². The van der Waals surface area contributed by atoms with Crippen LogP contribution in [0.4, 0.5) is 0 Å². The summed E-state index contributed by atoms with van der Waals surface area (Å²) in [7, 11) is 0. The zero-order valence-corrected chi connectivity index (χ0v) is 23.6. The number of esters is 2. The molecule has 1 aliphatic carbocycles. The number of ether oxygens (including phenoxy) is 2. The van der Waals surface area contributed by atoms with Crippen LogP contribution >= 0.6 is 0 Å². The molecule has 1 aliphatic rings. The maximum atomic E-state index is 13.6. The van der Waals surface area contributed by atoms with Crippen molar-refractivity contribution in [1.29, 1.82) is 0 Å². The lowest BCUT2D eigenvalue weighted by atomic mass is 9.70. The molecule has 208 valence electrons. The number of rotatable bonds is 6. The molecule has 6 rings (SSSR count).